The maximum atomic E-state index is 13.4. The standard InChI is InChI=1S/C22H30N7O3P/c1-14-11-31-9-8-27(14)17-10-19(28-15-4-5-16(28)13-32-12-15)24-21-20(17)22(33(2,3)30)26-29(21)18-6-7-23-25-18/h6-7,10,14-16H,4-5,8-9,11-13H2,1-3H3,(H,23,25)/t14-,15?,16?/m1/s1. The Morgan fingerprint density at radius 2 is 1.94 bits per heavy atom. The number of fused-ring (bicyclic) bond motifs is 3. The normalized spacial score (nSPS) is 25.8. The van der Waals surface area contributed by atoms with Crippen LogP contribution in [0.15, 0.2) is 18.3 Å². The Bertz CT molecular complexity index is 1200. The molecule has 0 amide bonds. The fourth-order valence-electron chi connectivity index (χ4n) is 5.42. The van der Waals surface area contributed by atoms with Crippen molar-refractivity contribution in [2.75, 3.05) is 56.1 Å². The largest absolute Gasteiger partial charge is 0.377 e. The molecule has 3 aliphatic heterocycles. The minimum absolute atomic E-state index is 0.190. The molecule has 0 aliphatic carbocycles. The van der Waals surface area contributed by atoms with Gasteiger partial charge in [-0.2, -0.15) is 14.9 Å². The van der Waals surface area contributed by atoms with E-state index in [-0.39, 0.29) is 6.04 Å². The van der Waals surface area contributed by atoms with Gasteiger partial charge in [0.2, 0.25) is 0 Å². The van der Waals surface area contributed by atoms with Crippen LogP contribution >= 0.6 is 7.14 Å². The van der Waals surface area contributed by atoms with Crippen molar-refractivity contribution in [2.24, 2.45) is 0 Å². The van der Waals surface area contributed by atoms with Crippen LogP contribution in [0, 0.1) is 0 Å². The predicted octanol–water partition coefficient (Wildman–Crippen LogP) is 1.98. The molecule has 6 heterocycles. The zero-order chi connectivity index (χ0) is 22.7. The first-order valence-corrected chi connectivity index (χ1v) is 14.2. The second-order valence-corrected chi connectivity index (χ2v) is 12.8. The molecule has 3 aliphatic rings. The molecular weight excluding hydrogens is 441 g/mol. The van der Waals surface area contributed by atoms with E-state index in [1.54, 1.807) is 24.2 Å². The van der Waals surface area contributed by atoms with E-state index in [2.05, 4.69) is 33.0 Å². The molecule has 6 rings (SSSR count). The Morgan fingerprint density at radius 3 is 2.61 bits per heavy atom. The number of H-pyrrole nitrogens is 1. The molecular formula is C22H30N7O3P. The van der Waals surface area contributed by atoms with E-state index in [1.165, 1.54) is 0 Å². The Labute approximate surface area is 192 Å². The van der Waals surface area contributed by atoms with Crippen LogP contribution in [0.4, 0.5) is 11.5 Å². The van der Waals surface area contributed by atoms with Crippen molar-refractivity contribution in [1.29, 1.82) is 0 Å². The summed E-state index contributed by atoms with van der Waals surface area (Å²) in [6.07, 6.45) is 3.91. The Kier molecular flexibility index (Phi) is 5.01. The van der Waals surface area contributed by atoms with E-state index in [0.717, 1.165) is 49.5 Å². The highest BCUT2D eigenvalue weighted by atomic mass is 31.2. The second-order valence-electron chi connectivity index (χ2n) is 9.67. The zero-order valence-electron chi connectivity index (χ0n) is 19.3. The van der Waals surface area contributed by atoms with Gasteiger partial charge in [-0.25, -0.2) is 4.98 Å². The first kappa shape index (κ1) is 21.1. The number of rotatable bonds is 4. The molecule has 3 saturated heterocycles. The van der Waals surface area contributed by atoms with E-state index < -0.39 is 7.14 Å². The van der Waals surface area contributed by atoms with Gasteiger partial charge in [-0.05, 0) is 33.1 Å². The maximum absolute atomic E-state index is 13.4. The van der Waals surface area contributed by atoms with Crippen LogP contribution in [-0.2, 0) is 14.0 Å². The SMILES string of the molecule is C[C@@H]1COCCN1c1cc(N2C3CCC2COC3)nc2c1c(P(C)(C)=O)nn2-c1ccn[nH]1. The summed E-state index contributed by atoms with van der Waals surface area (Å²) in [5, 5.41) is 12.8. The number of pyridine rings is 1. The summed E-state index contributed by atoms with van der Waals surface area (Å²) in [5.41, 5.74) is 2.33. The van der Waals surface area contributed by atoms with Crippen LogP contribution in [0.5, 0.6) is 0 Å². The van der Waals surface area contributed by atoms with Gasteiger partial charge in [0.05, 0.1) is 55.8 Å². The minimum atomic E-state index is -2.70. The molecule has 3 aromatic heterocycles. The third-order valence-corrected chi connectivity index (χ3v) is 8.32. The molecule has 2 bridgehead atoms. The van der Waals surface area contributed by atoms with Crippen LogP contribution in [0.1, 0.15) is 19.8 Å². The van der Waals surface area contributed by atoms with Crippen molar-refractivity contribution < 1.29 is 14.0 Å². The quantitative estimate of drug-likeness (QED) is 0.577. The highest BCUT2D eigenvalue weighted by molar-refractivity contribution is 7.70. The molecule has 0 spiro atoms. The topological polar surface area (TPSA) is 101 Å². The van der Waals surface area contributed by atoms with Crippen molar-refractivity contribution in [1.82, 2.24) is 25.0 Å². The molecule has 0 radical (unpaired) electrons. The van der Waals surface area contributed by atoms with E-state index in [4.69, 9.17) is 19.6 Å². The molecule has 0 aromatic carbocycles. The summed E-state index contributed by atoms with van der Waals surface area (Å²) < 4.78 is 26.7. The van der Waals surface area contributed by atoms with E-state index in [0.29, 0.717) is 42.2 Å². The summed E-state index contributed by atoms with van der Waals surface area (Å²) >= 11 is 0. The Balaban J connectivity index is 1.64. The number of hydrogen-bond acceptors (Lipinski definition) is 8. The van der Waals surface area contributed by atoms with Crippen LogP contribution in [0.2, 0.25) is 0 Å². The fourth-order valence-corrected chi connectivity index (χ4v) is 6.48. The third kappa shape index (κ3) is 3.47. The first-order valence-electron chi connectivity index (χ1n) is 11.6. The average Bonchev–Trinajstić information content (AvgIpc) is 3.49. The van der Waals surface area contributed by atoms with Crippen LogP contribution in [-0.4, -0.2) is 89.4 Å². The highest BCUT2D eigenvalue weighted by Crippen LogP contribution is 2.43. The first-order chi connectivity index (χ1) is 15.9. The molecule has 0 saturated carbocycles. The Morgan fingerprint density at radius 1 is 1.15 bits per heavy atom. The van der Waals surface area contributed by atoms with Crippen molar-refractivity contribution in [3.05, 3.63) is 18.3 Å². The van der Waals surface area contributed by atoms with Gasteiger partial charge in [0.15, 0.2) is 11.5 Å². The molecule has 3 atom stereocenters. The Hall–Kier alpha value is -2.42. The predicted molar refractivity (Wildman–Crippen MR) is 128 cm³/mol. The zero-order valence-corrected chi connectivity index (χ0v) is 20.2. The van der Waals surface area contributed by atoms with Gasteiger partial charge in [0.25, 0.3) is 0 Å². The van der Waals surface area contributed by atoms with Crippen molar-refractivity contribution in [3.8, 4) is 5.82 Å². The molecule has 11 heteroatoms. The lowest BCUT2D eigenvalue weighted by Crippen LogP contribution is -2.47. The van der Waals surface area contributed by atoms with E-state index >= 15 is 0 Å². The van der Waals surface area contributed by atoms with Crippen molar-refractivity contribution in [2.45, 2.75) is 37.9 Å². The molecule has 33 heavy (non-hydrogen) atoms. The van der Waals surface area contributed by atoms with Gasteiger partial charge < -0.3 is 23.8 Å². The van der Waals surface area contributed by atoms with Crippen molar-refractivity contribution >= 4 is 35.1 Å². The number of nitrogens with one attached hydrogen (secondary N) is 1. The van der Waals surface area contributed by atoms with Crippen LogP contribution in [0.3, 0.4) is 0 Å². The summed E-state index contributed by atoms with van der Waals surface area (Å²) in [4.78, 5) is 9.94. The third-order valence-electron chi connectivity index (χ3n) is 6.99. The van der Waals surface area contributed by atoms with Gasteiger partial charge >= 0.3 is 0 Å². The molecule has 2 unspecified atom stereocenters. The smallest absolute Gasteiger partial charge is 0.169 e. The lowest BCUT2D eigenvalue weighted by atomic mass is 10.1. The van der Waals surface area contributed by atoms with E-state index in [1.807, 2.05) is 6.07 Å². The summed E-state index contributed by atoms with van der Waals surface area (Å²) in [6, 6.07) is 4.88. The number of aromatic amines is 1. The summed E-state index contributed by atoms with van der Waals surface area (Å²) in [5.74, 6) is 1.64. The molecule has 10 nitrogen and oxygen atoms in total. The number of anilines is 2. The van der Waals surface area contributed by atoms with E-state index in [9.17, 15) is 4.57 Å². The number of aromatic nitrogens is 5. The minimum Gasteiger partial charge on any atom is -0.377 e. The molecule has 3 fully saturated rings. The number of morpholine rings is 2. The van der Waals surface area contributed by atoms with Crippen LogP contribution in [0.25, 0.3) is 16.9 Å². The monoisotopic (exact) mass is 471 g/mol. The lowest BCUT2D eigenvalue weighted by molar-refractivity contribution is 0.0902. The summed E-state index contributed by atoms with van der Waals surface area (Å²) in [6.45, 7) is 9.24. The lowest BCUT2D eigenvalue weighted by Gasteiger charge is -2.38. The highest BCUT2D eigenvalue weighted by Gasteiger charge is 2.39. The second kappa shape index (κ2) is 7.82. The molecule has 1 N–H and O–H groups in total. The maximum Gasteiger partial charge on any atom is 0.169 e. The number of nitrogens with zero attached hydrogens (tertiary/aromatic N) is 6. The fraction of sp³-hybridized carbons (Fsp3) is 0.591. The van der Waals surface area contributed by atoms with Gasteiger partial charge in [0.1, 0.15) is 18.4 Å². The van der Waals surface area contributed by atoms with Gasteiger partial charge in [-0.1, -0.05) is 0 Å². The van der Waals surface area contributed by atoms with Gasteiger partial charge in [0, 0.05) is 24.7 Å². The average molecular weight is 472 g/mol. The van der Waals surface area contributed by atoms with Gasteiger partial charge in [-0.15, -0.1) is 0 Å². The molecule has 3 aromatic rings. The summed E-state index contributed by atoms with van der Waals surface area (Å²) in [7, 11) is -2.70. The number of hydrogen-bond donors (Lipinski definition) is 1. The van der Waals surface area contributed by atoms with Crippen LogP contribution < -0.4 is 15.2 Å². The van der Waals surface area contributed by atoms with Crippen molar-refractivity contribution in [3.63, 3.8) is 0 Å². The molecule has 176 valence electrons. The van der Waals surface area contributed by atoms with Gasteiger partial charge in [-0.3, -0.25) is 5.10 Å². The number of ether oxygens (including phenoxy) is 2.